The van der Waals surface area contributed by atoms with Crippen LogP contribution >= 0.6 is 0 Å². The van der Waals surface area contributed by atoms with Crippen LogP contribution in [0.15, 0.2) is 10.2 Å². The summed E-state index contributed by atoms with van der Waals surface area (Å²) >= 11 is 0. The first-order valence-corrected chi connectivity index (χ1v) is 6.80. The Hall–Kier alpha value is -0.770. The highest BCUT2D eigenvalue weighted by molar-refractivity contribution is 5.90. The van der Waals surface area contributed by atoms with E-state index in [0.717, 1.165) is 13.1 Å². The van der Waals surface area contributed by atoms with Crippen molar-refractivity contribution in [1.29, 1.82) is 0 Å². The van der Waals surface area contributed by atoms with Crippen LogP contribution in [0.3, 0.4) is 0 Å². The zero-order valence-corrected chi connectivity index (χ0v) is 12.4. The molecule has 0 radical (unpaired) electrons. The van der Waals surface area contributed by atoms with E-state index >= 15 is 0 Å². The van der Waals surface area contributed by atoms with Crippen LogP contribution in [0.2, 0.25) is 0 Å². The van der Waals surface area contributed by atoms with Gasteiger partial charge in [-0.05, 0) is 20.8 Å². The molecule has 4 nitrogen and oxygen atoms in total. The van der Waals surface area contributed by atoms with E-state index in [-0.39, 0.29) is 23.0 Å². The molecule has 2 rings (SSSR count). The van der Waals surface area contributed by atoms with Gasteiger partial charge in [-0.2, -0.15) is 10.2 Å². The molecule has 0 N–H and O–H groups in total. The topological polar surface area (TPSA) is 45.0 Å². The van der Waals surface area contributed by atoms with E-state index in [9.17, 15) is 4.79 Å². The van der Waals surface area contributed by atoms with Gasteiger partial charge in [0.2, 0.25) is 0 Å². The first-order chi connectivity index (χ1) is 8.12. The molecule has 0 amide bonds. The highest BCUT2D eigenvalue weighted by Crippen LogP contribution is 2.38. The summed E-state index contributed by atoms with van der Waals surface area (Å²) in [6.07, 6.45) is 0. The molecule has 2 aliphatic rings. The van der Waals surface area contributed by atoms with Crippen LogP contribution < -0.4 is 0 Å². The van der Waals surface area contributed by atoms with Crippen LogP contribution in [-0.2, 0) is 4.79 Å². The van der Waals surface area contributed by atoms with Crippen molar-refractivity contribution < 1.29 is 4.79 Å². The molecule has 102 valence electrons. The van der Waals surface area contributed by atoms with Gasteiger partial charge in [0.05, 0.1) is 18.6 Å². The van der Waals surface area contributed by atoms with Gasteiger partial charge in [-0.3, -0.25) is 9.69 Å². The van der Waals surface area contributed by atoms with Crippen LogP contribution in [-0.4, -0.2) is 41.4 Å². The van der Waals surface area contributed by atoms with Gasteiger partial charge in [0.25, 0.3) is 0 Å². The normalized spacial score (nSPS) is 32.9. The minimum absolute atomic E-state index is 0.00539. The minimum atomic E-state index is -0.318. The number of fused-ring (bicyclic) bond motifs is 1. The van der Waals surface area contributed by atoms with Crippen LogP contribution in [0, 0.1) is 11.3 Å². The number of Topliss-reactive ketones (excluding diaryl/α,β-unsaturated/α-hetero) is 1. The average molecular weight is 251 g/mol. The van der Waals surface area contributed by atoms with Gasteiger partial charge >= 0.3 is 0 Å². The maximum absolute atomic E-state index is 12.7. The third-order valence-electron chi connectivity index (χ3n) is 3.97. The van der Waals surface area contributed by atoms with Crippen molar-refractivity contribution >= 4 is 5.78 Å². The number of ketones is 1. The number of hydrogen-bond donors (Lipinski definition) is 0. The Balaban J connectivity index is 2.33. The Labute approximate surface area is 110 Å². The summed E-state index contributed by atoms with van der Waals surface area (Å²) in [5, 5.41) is 8.49. The number of hydrogen-bond acceptors (Lipinski definition) is 4. The molecule has 0 spiro atoms. The lowest BCUT2D eigenvalue weighted by Gasteiger charge is -2.39. The number of carbonyl (C=O) groups excluding carboxylic acids is 1. The maximum atomic E-state index is 12.7. The SMILES string of the molecule is CC(C)(C)C(=O)C1C2N=NCC2CN1C(C)(C)C. The van der Waals surface area contributed by atoms with Gasteiger partial charge in [-0.25, -0.2) is 0 Å². The number of nitrogens with zero attached hydrogens (tertiary/aromatic N) is 3. The predicted octanol–water partition coefficient (Wildman–Crippen LogP) is 2.53. The molecule has 4 heteroatoms. The van der Waals surface area contributed by atoms with Gasteiger partial charge in [0.15, 0.2) is 5.78 Å². The van der Waals surface area contributed by atoms with E-state index in [4.69, 9.17) is 0 Å². The lowest BCUT2D eigenvalue weighted by Crippen LogP contribution is -2.53. The molecule has 0 bridgehead atoms. The lowest BCUT2D eigenvalue weighted by molar-refractivity contribution is -0.133. The minimum Gasteiger partial charge on any atom is -0.297 e. The number of carbonyl (C=O) groups is 1. The highest BCUT2D eigenvalue weighted by Gasteiger charge is 2.52. The first-order valence-electron chi connectivity index (χ1n) is 6.80. The summed E-state index contributed by atoms with van der Waals surface area (Å²) in [5.74, 6) is 0.728. The van der Waals surface area contributed by atoms with Crippen LogP contribution in [0.1, 0.15) is 41.5 Å². The molecule has 2 aliphatic heterocycles. The Morgan fingerprint density at radius 2 is 1.78 bits per heavy atom. The molecule has 3 atom stereocenters. The van der Waals surface area contributed by atoms with E-state index < -0.39 is 0 Å². The van der Waals surface area contributed by atoms with Crippen molar-refractivity contribution in [3.8, 4) is 0 Å². The average Bonchev–Trinajstić information content (AvgIpc) is 2.71. The second-order valence-electron chi connectivity index (χ2n) is 7.57. The maximum Gasteiger partial charge on any atom is 0.157 e. The third-order valence-corrected chi connectivity index (χ3v) is 3.97. The molecule has 1 fully saturated rings. The molecule has 18 heavy (non-hydrogen) atoms. The quantitative estimate of drug-likeness (QED) is 0.719. The molecule has 3 unspecified atom stereocenters. The lowest BCUT2D eigenvalue weighted by atomic mass is 9.82. The molecular weight excluding hydrogens is 226 g/mol. The Morgan fingerprint density at radius 3 is 2.28 bits per heavy atom. The van der Waals surface area contributed by atoms with Crippen molar-refractivity contribution in [2.24, 2.45) is 21.6 Å². The van der Waals surface area contributed by atoms with Crippen molar-refractivity contribution in [3.05, 3.63) is 0 Å². The molecular formula is C14H25N3O. The zero-order chi connectivity index (χ0) is 13.7. The van der Waals surface area contributed by atoms with E-state index in [0.29, 0.717) is 11.7 Å². The first kappa shape index (κ1) is 13.7. The van der Waals surface area contributed by atoms with E-state index in [1.165, 1.54) is 0 Å². The Morgan fingerprint density at radius 1 is 1.17 bits per heavy atom. The fourth-order valence-electron chi connectivity index (χ4n) is 2.92. The monoisotopic (exact) mass is 251 g/mol. The third kappa shape index (κ3) is 2.22. The summed E-state index contributed by atoms with van der Waals surface area (Å²) < 4.78 is 0. The van der Waals surface area contributed by atoms with Crippen molar-refractivity contribution in [1.82, 2.24) is 4.90 Å². The smallest absolute Gasteiger partial charge is 0.157 e. The number of azo groups is 1. The second kappa shape index (κ2) is 4.12. The summed E-state index contributed by atoms with van der Waals surface area (Å²) in [6.45, 7) is 14.2. The zero-order valence-electron chi connectivity index (χ0n) is 12.4. The largest absolute Gasteiger partial charge is 0.297 e. The number of likely N-dealkylation sites (tertiary alicyclic amines) is 1. The van der Waals surface area contributed by atoms with Crippen LogP contribution in [0.5, 0.6) is 0 Å². The summed E-state index contributed by atoms with van der Waals surface area (Å²) in [7, 11) is 0. The summed E-state index contributed by atoms with van der Waals surface area (Å²) in [6, 6.07) is -0.0165. The molecule has 0 saturated carbocycles. The van der Waals surface area contributed by atoms with E-state index in [1.807, 2.05) is 20.8 Å². The van der Waals surface area contributed by atoms with Crippen molar-refractivity contribution in [2.75, 3.05) is 13.1 Å². The van der Waals surface area contributed by atoms with Crippen molar-refractivity contribution in [3.63, 3.8) is 0 Å². The van der Waals surface area contributed by atoms with Crippen LogP contribution in [0.4, 0.5) is 0 Å². The molecule has 2 heterocycles. The fraction of sp³-hybridized carbons (Fsp3) is 0.929. The molecule has 0 aromatic carbocycles. The van der Waals surface area contributed by atoms with Crippen molar-refractivity contribution in [2.45, 2.75) is 59.2 Å². The van der Waals surface area contributed by atoms with Gasteiger partial charge in [0, 0.05) is 23.4 Å². The van der Waals surface area contributed by atoms with Gasteiger partial charge < -0.3 is 0 Å². The Bertz CT molecular complexity index is 375. The van der Waals surface area contributed by atoms with Gasteiger partial charge in [0.1, 0.15) is 0 Å². The van der Waals surface area contributed by atoms with E-state index in [2.05, 4.69) is 35.9 Å². The fourth-order valence-corrected chi connectivity index (χ4v) is 2.92. The van der Waals surface area contributed by atoms with Crippen LogP contribution in [0.25, 0.3) is 0 Å². The second-order valence-corrected chi connectivity index (χ2v) is 7.57. The molecule has 1 saturated heterocycles. The molecule has 0 aromatic heterocycles. The predicted molar refractivity (Wildman–Crippen MR) is 71.7 cm³/mol. The Kier molecular flexibility index (Phi) is 3.13. The van der Waals surface area contributed by atoms with Gasteiger partial charge in [-0.1, -0.05) is 20.8 Å². The molecule has 0 aliphatic carbocycles. The van der Waals surface area contributed by atoms with E-state index in [1.54, 1.807) is 0 Å². The standard InChI is InChI=1S/C14H25N3O/c1-13(2,3)12(18)11-10-9(7-15-16-10)8-17(11)14(4,5)6/h9-11H,7-8H2,1-6H3. The van der Waals surface area contributed by atoms with Gasteiger partial charge in [-0.15, -0.1) is 0 Å². The summed E-state index contributed by atoms with van der Waals surface area (Å²) in [4.78, 5) is 15.1. The highest BCUT2D eigenvalue weighted by atomic mass is 16.1. The number of rotatable bonds is 1. The summed E-state index contributed by atoms with van der Waals surface area (Å²) in [5.41, 5.74) is -0.313. The molecule has 0 aromatic rings.